The number of rotatable bonds is 4. The van der Waals surface area contributed by atoms with Crippen LogP contribution in [-0.2, 0) is 4.74 Å². The molecule has 2 aromatic heterocycles. The summed E-state index contributed by atoms with van der Waals surface area (Å²) in [7, 11) is 1.31. The minimum atomic E-state index is -0.516. The summed E-state index contributed by atoms with van der Waals surface area (Å²) in [4.78, 5) is 23.8. The Morgan fingerprint density at radius 2 is 2.16 bits per heavy atom. The van der Waals surface area contributed by atoms with Gasteiger partial charge in [0.25, 0.3) is 0 Å². The second kappa shape index (κ2) is 5.75. The van der Waals surface area contributed by atoms with E-state index in [4.69, 9.17) is 0 Å². The maximum atomic E-state index is 11.3. The average molecular weight is 278 g/mol. The average Bonchev–Trinajstić information content (AvgIpc) is 2.87. The van der Waals surface area contributed by atoms with Crippen molar-refractivity contribution in [2.24, 2.45) is 0 Å². The Balaban J connectivity index is 2.16. The molecule has 2 heterocycles. The van der Waals surface area contributed by atoms with Crippen molar-refractivity contribution in [2.75, 3.05) is 12.4 Å². The highest BCUT2D eigenvalue weighted by molar-refractivity contribution is 7.13. The molecule has 0 aliphatic heterocycles. The molecule has 0 saturated carbocycles. The van der Waals surface area contributed by atoms with Crippen molar-refractivity contribution >= 4 is 28.3 Å². The van der Waals surface area contributed by atoms with E-state index in [1.807, 2.05) is 5.38 Å². The van der Waals surface area contributed by atoms with Crippen molar-refractivity contribution in [1.29, 1.82) is 0 Å². The molecule has 0 amide bonds. The molecule has 0 radical (unpaired) electrons. The highest BCUT2D eigenvalue weighted by Crippen LogP contribution is 2.23. The van der Waals surface area contributed by atoms with Crippen molar-refractivity contribution < 1.29 is 9.53 Å². The van der Waals surface area contributed by atoms with Crippen LogP contribution in [0.4, 0.5) is 10.9 Å². The Hall–Kier alpha value is -2.02. The van der Waals surface area contributed by atoms with Gasteiger partial charge in [-0.1, -0.05) is 13.8 Å². The fraction of sp³-hybridized carbons (Fsp3) is 0.333. The van der Waals surface area contributed by atoms with Crippen LogP contribution in [0.2, 0.25) is 0 Å². The Morgan fingerprint density at radius 3 is 2.79 bits per heavy atom. The third-order valence-electron chi connectivity index (χ3n) is 2.38. The molecular formula is C12H14N4O2S. The highest BCUT2D eigenvalue weighted by atomic mass is 32.1. The van der Waals surface area contributed by atoms with Gasteiger partial charge in [-0.3, -0.25) is 4.98 Å². The van der Waals surface area contributed by atoms with Gasteiger partial charge in [0, 0.05) is 5.38 Å². The van der Waals surface area contributed by atoms with Gasteiger partial charge in [0.1, 0.15) is 0 Å². The maximum Gasteiger partial charge on any atom is 0.358 e. The third kappa shape index (κ3) is 3.25. The van der Waals surface area contributed by atoms with Crippen molar-refractivity contribution in [3.63, 3.8) is 0 Å². The predicted octanol–water partition coefficient (Wildman–Crippen LogP) is 2.59. The summed E-state index contributed by atoms with van der Waals surface area (Å²) in [6, 6.07) is 0. The van der Waals surface area contributed by atoms with Crippen molar-refractivity contribution in [2.45, 2.75) is 19.8 Å². The van der Waals surface area contributed by atoms with E-state index in [0.717, 1.165) is 10.8 Å². The predicted molar refractivity (Wildman–Crippen MR) is 72.9 cm³/mol. The van der Waals surface area contributed by atoms with Crippen molar-refractivity contribution in [3.8, 4) is 0 Å². The SMILES string of the molecule is COC(=O)c1cncc(Nc2nc(C(C)C)cs2)n1. The van der Waals surface area contributed by atoms with Gasteiger partial charge in [0.2, 0.25) is 0 Å². The molecule has 0 fully saturated rings. The monoisotopic (exact) mass is 278 g/mol. The number of anilines is 2. The molecule has 0 aromatic carbocycles. The highest BCUT2D eigenvalue weighted by Gasteiger charge is 2.10. The molecule has 1 N–H and O–H groups in total. The molecule has 2 aromatic rings. The van der Waals surface area contributed by atoms with Crippen molar-refractivity contribution in [3.05, 3.63) is 29.2 Å². The lowest BCUT2D eigenvalue weighted by molar-refractivity contribution is 0.0593. The van der Waals surface area contributed by atoms with E-state index in [2.05, 4.69) is 38.9 Å². The van der Waals surface area contributed by atoms with Crippen LogP contribution < -0.4 is 5.32 Å². The summed E-state index contributed by atoms with van der Waals surface area (Å²) < 4.78 is 4.59. The summed E-state index contributed by atoms with van der Waals surface area (Å²) >= 11 is 1.49. The summed E-state index contributed by atoms with van der Waals surface area (Å²) in [6.45, 7) is 4.16. The quantitative estimate of drug-likeness (QED) is 0.866. The zero-order chi connectivity index (χ0) is 13.8. The zero-order valence-electron chi connectivity index (χ0n) is 10.9. The van der Waals surface area contributed by atoms with Gasteiger partial charge in [-0.2, -0.15) is 0 Å². The Kier molecular flexibility index (Phi) is 4.06. The van der Waals surface area contributed by atoms with Crippen LogP contribution in [0.3, 0.4) is 0 Å². The van der Waals surface area contributed by atoms with Crippen LogP contribution in [0.1, 0.15) is 35.9 Å². The largest absolute Gasteiger partial charge is 0.464 e. The zero-order valence-corrected chi connectivity index (χ0v) is 11.7. The third-order valence-corrected chi connectivity index (χ3v) is 3.15. The summed E-state index contributed by atoms with van der Waals surface area (Å²) in [5, 5.41) is 5.74. The summed E-state index contributed by atoms with van der Waals surface area (Å²) in [5.41, 5.74) is 1.18. The first-order valence-electron chi connectivity index (χ1n) is 5.73. The van der Waals surface area contributed by atoms with Crippen LogP contribution in [-0.4, -0.2) is 28.0 Å². The number of ether oxygens (including phenoxy) is 1. The number of esters is 1. The first-order chi connectivity index (χ1) is 9.10. The Morgan fingerprint density at radius 1 is 1.37 bits per heavy atom. The number of hydrogen-bond donors (Lipinski definition) is 1. The molecule has 0 saturated heterocycles. The van der Waals surface area contributed by atoms with Crippen LogP contribution in [0.5, 0.6) is 0 Å². The minimum absolute atomic E-state index is 0.160. The molecule has 0 spiro atoms. The smallest absolute Gasteiger partial charge is 0.358 e. The van der Waals surface area contributed by atoms with E-state index in [0.29, 0.717) is 11.7 Å². The molecule has 0 aliphatic rings. The lowest BCUT2D eigenvalue weighted by atomic mass is 10.2. The van der Waals surface area contributed by atoms with Crippen LogP contribution in [0.25, 0.3) is 0 Å². The van der Waals surface area contributed by atoms with Crippen LogP contribution in [0.15, 0.2) is 17.8 Å². The molecule has 0 atom stereocenters. The molecule has 100 valence electrons. The second-order valence-electron chi connectivity index (χ2n) is 4.14. The van der Waals surface area contributed by atoms with E-state index in [1.54, 1.807) is 0 Å². The maximum absolute atomic E-state index is 11.3. The summed E-state index contributed by atoms with van der Waals surface area (Å²) in [6.07, 6.45) is 2.89. The lowest BCUT2D eigenvalue weighted by Gasteiger charge is -2.03. The number of carbonyl (C=O) groups is 1. The number of carbonyl (C=O) groups excluding carboxylic acids is 1. The molecular weight excluding hydrogens is 264 g/mol. The molecule has 6 nitrogen and oxygen atoms in total. The van der Waals surface area contributed by atoms with E-state index in [9.17, 15) is 4.79 Å². The minimum Gasteiger partial charge on any atom is -0.464 e. The normalized spacial score (nSPS) is 10.5. The number of nitrogens with zero attached hydrogens (tertiary/aromatic N) is 3. The number of hydrogen-bond acceptors (Lipinski definition) is 7. The molecule has 0 aliphatic carbocycles. The van der Waals surface area contributed by atoms with Crippen LogP contribution in [0, 0.1) is 0 Å². The molecule has 0 bridgehead atoms. The number of nitrogens with one attached hydrogen (secondary N) is 1. The van der Waals surface area contributed by atoms with Gasteiger partial charge in [0.05, 0.1) is 25.2 Å². The molecule has 7 heteroatoms. The first kappa shape index (κ1) is 13.4. The number of aromatic nitrogens is 3. The van der Waals surface area contributed by atoms with Gasteiger partial charge in [0.15, 0.2) is 16.6 Å². The van der Waals surface area contributed by atoms with E-state index >= 15 is 0 Å². The van der Waals surface area contributed by atoms with Gasteiger partial charge in [-0.05, 0) is 5.92 Å². The lowest BCUT2D eigenvalue weighted by Crippen LogP contribution is -2.06. The van der Waals surface area contributed by atoms with Crippen LogP contribution >= 0.6 is 11.3 Å². The van der Waals surface area contributed by atoms with E-state index in [-0.39, 0.29) is 5.69 Å². The van der Waals surface area contributed by atoms with Gasteiger partial charge >= 0.3 is 5.97 Å². The molecule has 2 rings (SSSR count). The summed E-state index contributed by atoms with van der Waals surface area (Å²) in [5.74, 6) is 0.324. The van der Waals surface area contributed by atoms with E-state index in [1.165, 1.54) is 30.8 Å². The van der Waals surface area contributed by atoms with Gasteiger partial charge in [-0.25, -0.2) is 14.8 Å². The standard InChI is InChI=1S/C12H14N4O2S/c1-7(2)9-6-19-12(15-9)16-10-5-13-4-8(14-10)11(17)18-3/h4-7H,1-3H3,(H,14,15,16). The number of methoxy groups -OCH3 is 1. The van der Waals surface area contributed by atoms with Gasteiger partial charge < -0.3 is 10.1 Å². The topological polar surface area (TPSA) is 77.0 Å². The molecule has 0 unspecified atom stereocenters. The van der Waals surface area contributed by atoms with E-state index < -0.39 is 5.97 Å². The fourth-order valence-corrected chi connectivity index (χ4v) is 2.23. The van der Waals surface area contributed by atoms with Gasteiger partial charge in [-0.15, -0.1) is 11.3 Å². The number of thiazole rings is 1. The first-order valence-corrected chi connectivity index (χ1v) is 6.61. The Labute approximate surface area is 114 Å². The Bertz CT molecular complexity index is 583. The van der Waals surface area contributed by atoms with Crippen molar-refractivity contribution in [1.82, 2.24) is 15.0 Å². The second-order valence-corrected chi connectivity index (χ2v) is 5.00. The molecule has 19 heavy (non-hydrogen) atoms. The fourth-order valence-electron chi connectivity index (χ4n) is 1.35.